The quantitative estimate of drug-likeness (QED) is 0.696. The molecule has 5 rings (SSSR count). The van der Waals surface area contributed by atoms with Crippen LogP contribution in [-0.2, 0) is 9.53 Å². The SMILES string of the molecule is CCC1CC2=C(CCC(N)=C2)C2CC[C@@]3(CC)C(CC[C@@]34C=CC(=O)O4)C12. The molecule has 0 saturated heterocycles. The van der Waals surface area contributed by atoms with Gasteiger partial charge in [-0.3, -0.25) is 0 Å². The molecule has 27 heavy (non-hydrogen) atoms. The maximum absolute atomic E-state index is 12.0. The molecular weight excluding hydrogens is 334 g/mol. The molecule has 0 amide bonds. The van der Waals surface area contributed by atoms with Crippen LogP contribution in [0.1, 0.15) is 71.6 Å². The fraction of sp³-hybridized carbons (Fsp3) is 0.708. The number of fused-ring (bicyclic) bond motifs is 5. The summed E-state index contributed by atoms with van der Waals surface area (Å²) in [5, 5.41) is 0. The molecule has 4 unspecified atom stereocenters. The van der Waals surface area contributed by atoms with Gasteiger partial charge in [0.15, 0.2) is 0 Å². The second-order valence-electron chi connectivity index (χ2n) is 9.66. The molecule has 3 heteroatoms. The second kappa shape index (κ2) is 5.99. The van der Waals surface area contributed by atoms with Gasteiger partial charge in [-0.15, -0.1) is 0 Å². The van der Waals surface area contributed by atoms with Crippen LogP contribution in [0.4, 0.5) is 0 Å². The lowest BCUT2D eigenvalue weighted by Gasteiger charge is -2.57. The third-order valence-corrected chi connectivity index (χ3v) is 9.07. The Balaban J connectivity index is 1.57. The van der Waals surface area contributed by atoms with Crippen molar-refractivity contribution in [3.05, 3.63) is 35.1 Å². The number of hydrogen-bond donors (Lipinski definition) is 1. The molecule has 2 fully saturated rings. The van der Waals surface area contributed by atoms with Gasteiger partial charge < -0.3 is 10.5 Å². The van der Waals surface area contributed by atoms with E-state index >= 15 is 0 Å². The molecule has 1 heterocycles. The topological polar surface area (TPSA) is 52.3 Å². The molecule has 3 nitrogen and oxygen atoms in total. The van der Waals surface area contributed by atoms with E-state index in [0.717, 1.165) is 42.7 Å². The molecule has 0 aromatic heterocycles. The Morgan fingerprint density at radius 3 is 2.78 bits per heavy atom. The molecule has 0 aromatic carbocycles. The monoisotopic (exact) mass is 367 g/mol. The van der Waals surface area contributed by atoms with E-state index in [-0.39, 0.29) is 17.0 Å². The van der Waals surface area contributed by atoms with Gasteiger partial charge in [-0.2, -0.15) is 0 Å². The molecule has 0 aromatic rings. The average Bonchev–Trinajstić information content (AvgIpc) is 3.21. The van der Waals surface area contributed by atoms with Crippen LogP contribution in [0.3, 0.4) is 0 Å². The summed E-state index contributed by atoms with van der Waals surface area (Å²) < 4.78 is 6.05. The van der Waals surface area contributed by atoms with Gasteiger partial charge in [0.25, 0.3) is 0 Å². The Hall–Kier alpha value is -1.51. The summed E-state index contributed by atoms with van der Waals surface area (Å²) >= 11 is 0. The van der Waals surface area contributed by atoms with Crippen molar-refractivity contribution in [2.24, 2.45) is 34.8 Å². The standard InChI is InChI=1S/C24H33NO2/c1-3-15-13-16-14-17(25)5-6-18(16)19-7-10-23(4-2)20(22(15)19)8-11-24(23)12-9-21(26)27-24/h9,12,14-15,19-20,22H,3-8,10-11,13,25H2,1-2H3/t15?,19?,20?,22?,23-,24+/m0/s1. The van der Waals surface area contributed by atoms with Crippen molar-refractivity contribution in [1.82, 2.24) is 0 Å². The second-order valence-corrected chi connectivity index (χ2v) is 9.66. The van der Waals surface area contributed by atoms with Crippen molar-refractivity contribution in [1.29, 1.82) is 0 Å². The van der Waals surface area contributed by atoms with E-state index < -0.39 is 0 Å². The minimum Gasteiger partial charge on any atom is -0.451 e. The number of allylic oxidation sites excluding steroid dienone is 4. The van der Waals surface area contributed by atoms with Crippen molar-refractivity contribution >= 4 is 5.97 Å². The van der Waals surface area contributed by atoms with Crippen molar-refractivity contribution in [2.45, 2.75) is 77.2 Å². The van der Waals surface area contributed by atoms with Crippen LogP contribution in [0.5, 0.6) is 0 Å². The predicted molar refractivity (Wildman–Crippen MR) is 107 cm³/mol. The number of ether oxygens (including phenoxy) is 1. The normalized spacial score (nSPS) is 45.4. The van der Waals surface area contributed by atoms with Crippen molar-refractivity contribution in [2.75, 3.05) is 0 Å². The lowest BCUT2D eigenvalue weighted by molar-refractivity contribution is -0.164. The predicted octanol–water partition coefficient (Wildman–Crippen LogP) is 5.03. The lowest BCUT2D eigenvalue weighted by atomic mass is 9.48. The summed E-state index contributed by atoms with van der Waals surface area (Å²) in [7, 11) is 0. The molecular formula is C24H33NO2. The van der Waals surface area contributed by atoms with Crippen LogP contribution >= 0.6 is 0 Å². The lowest BCUT2D eigenvalue weighted by Crippen LogP contribution is -2.54. The Kier molecular flexibility index (Phi) is 3.90. The van der Waals surface area contributed by atoms with Crippen LogP contribution in [0.15, 0.2) is 35.1 Å². The van der Waals surface area contributed by atoms with Gasteiger partial charge in [-0.25, -0.2) is 4.79 Å². The Morgan fingerprint density at radius 1 is 1.22 bits per heavy atom. The van der Waals surface area contributed by atoms with E-state index in [1.165, 1.54) is 38.5 Å². The number of hydrogen-bond acceptors (Lipinski definition) is 3. The van der Waals surface area contributed by atoms with Crippen LogP contribution < -0.4 is 5.73 Å². The van der Waals surface area contributed by atoms with Crippen LogP contribution in [0.25, 0.3) is 0 Å². The molecule has 4 aliphatic carbocycles. The zero-order valence-electron chi connectivity index (χ0n) is 16.8. The number of rotatable bonds is 2. The number of carbonyl (C=O) groups is 1. The van der Waals surface area contributed by atoms with Gasteiger partial charge in [0.2, 0.25) is 0 Å². The van der Waals surface area contributed by atoms with E-state index in [2.05, 4.69) is 26.0 Å². The van der Waals surface area contributed by atoms with Crippen molar-refractivity contribution in [3.8, 4) is 0 Å². The zero-order chi connectivity index (χ0) is 18.8. The molecule has 6 atom stereocenters. The molecule has 5 aliphatic rings. The average molecular weight is 368 g/mol. The highest BCUT2D eigenvalue weighted by Gasteiger charge is 2.66. The van der Waals surface area contributed by atoms with Gasteiger partial charge in [0.05, 0.1) is 0 Å². The van der Waals surface area contributed by atoms with Gasteiger partial charge in [0.1, 0.15) is 5.60 Å². The van der Waals surface area contributed by atoms with Gasteiger partial charge in [-0.1, -0.05) is 25.8 Å². The molecule has 0 radical (unpaired) electrons. The highest BCUT2D eigenvalue weighted by molar-refractivity contribution is 5.85. The molecule has 2 N–H and O–H groups in total. The third kappa shape index (κ3) is 2.23. The maximum Gasteiger partial charge on any atom is 0.331 e. The first-order chi connectivity index (χ1) is 13.0. The number of carbonyl (C=O) groups excluding carboxylic acids is 1. The molecule has 0 bridgehead atoms. The third-order valence-electron chi connectivity index (χ3n) is 9.07. The zero-order valence-corrected chi connectivity index (χ0v) is 16.8. The molecule has 1 aliphatic heterocycles. The van der Waals surface area contributed by atoms with Crippen LogP contribution in [-0.4, -0.2) is 11.6 Å². The minimum absolute atomic E-state index is 0.126. The first-order valence-electron chi connectivity index (χ1n) is 11.1. The fourth-order valence-electron chi connectivity index (χ4n) is 7.98. The Labute approximate surface area is 163 Å². The number of nitrogens with two attached hydrogens (primary N) is 1. The highest BCUT2D eigenvalue weighted by Crippen LogP contribution is 2.68. The Bertz CT molecular complexity index is 762. The van der Waals surface area contributed by atoms with E-state index in [1.807, 2.05) is 0 Å². The molecule has 146 valence electrons. The van der Waals surface area contributed by atoms with E-state index in [1.54, 1.807) is 17.2 Å². The van der Waals surface area contributed by atoms with E-state index in [9.17, 15) is 4.79 Å². The summed E-state index contributed by atoms with van der Waals surface area (Å²) in [6.45, 7) is 4.70. The summed E-state index contributed by atoms with van der Waals surface area (Å²) in [6, 6.07) is 0. The summed E-state index contributed by atoms with van der Waals surface area (Å²) in [5.74, 6) is 2.77. The van der Waals surface area contributed by atoms with Crippen LogP contribution in [0.2, 0.25) is 0 Å². The minimum atomic E-state index is -0.321. The van der Waals surface area contributed by atoms with Crippen molar-refractivity contribution in [3.63, 3.8) is 0 Å². The van der Waals surface area contributed by atoms with Crippen LogP contribution in [0, 0.1) is 29.1 Å². The number of esters is 1. The molecule has 1 spiro atoms. The first kappa shape index (κ1) is 17.6. The Morgan fingerprint density at radius 2 is 2.07 bits per heavy atom. The smallest absolute Gasteiger partial charge is 0.331 e. The van der Waals surface area contributed by atoms with E-state index in [0.29, 0.717) is 5.92 Å². The maximum atomic E-state index is 12.0. The van der Waals surface area contributed by atoms with Crippen molar-refractivity contribution < 1.29 is 9.53 Å². The molecule has 2 saturated carbocycles. The van der Waals surface area contributed by atoms with Gasteiger partial charge >= 0.3 is 5.97 Å². The summed E-state index contributed by atoms with van der Waals surface area (Å²) in [5.41, 5.74) is 10.4. The van der Waals surface area contributed by atoms with Gasteiger partial charge in [-0.05, 0) is 92.8 Å². The first-order valence-corrected chi connectivity index (χ1v) is 11.1. The highest BCUT2D eigenvalue weighted by atomic mass is 16.6. The summed E-state index contributed by atoms with van der Waals surface area (Å²) in [6.07, 6.45) is 16.6. The fourth-order valence-corrected chi connectivity index (χ4v) is 7.98. The summed E-state index contributed by atoms with van der Waals surface area (Å²) in [4.78, 5) is 12.0. The largest absolute Gasteiger partial charge is 0.451 e. The van der Waals surface area contributed by atoms with Gasteiger partial charge in [0, 0.05) is 17.2 Å². The van der Waals surface area contributed by atoms with E-state index in [4.69, 9.17) is 10.5 Å².